The van der Waals surface area contributed by atoms with E-state index in [4.69, 9.17) is 0 Å². The van der Waals surface area contributed by atoms with E-state index in [2.05, 4.69) is 67.5 Å². The predicted molar refractivity (Wildman–Crippen MR) is 110 cm³/mol. The van der Waals surface area contributed by atoms with E-state index in [1.807, 2.05) is 0 Å². The molecule has 0 fully saturated rings. The van der Waals surface area contributed by atoms with Gasteiger partial charge < -0.3 is 0 Å². The van der Waals surface area contributed by atoms with Crippen molar-refractivity contribution in [1.29, 1.82) is 0 Å². The van der Waals surface area contributed by atoms with E-state index < -0.39 is 0 Å². The summed E-state index contributed by atoms with van der Waals surface area (Å²) < 4.78 is 0. The van der Waals surface area contributed by atoms with Crippen LogP contribution in [0, 0.1) is 24.7 Å². The highest BCUT2D eigenvalue weighted by atomic mass is 14.2. The van der Waals surface area contributed by atoms with Crippen LogP contribution in [0.1, 0.15) is 102 Å². The van der Waals surface area contributed by atoms with Crippen LogP contribution in [0.3, 0.4) is 0 Å². The van der Waals surface area contributed by atoms with Gasteiger partial charge in [0.05, 0.1) is 0 Å². The molecule has 0 saturated carbocycles. The molecule has 0 aliphatic heterocycles. The topological polar surface area (TPSA) is 0 Å². The first kappa shape index (κ1) is 21.3. The van der Waals surface area contributed by atoms with Crippen molar-refractivity contribution < 1.29 is 0 Å². The third-order valence-electron chi connectivity index (χ3n) is 5.06. The Labute approximate surface area is 152 Å². The van der Waals surface area contributed by atoms with Crippen LogP contribution in [-0.4, -0.2) is 0 Å². The number of hydrogen-bond acceptors (Lipinski definition) is 0. The fourth-order valence-corrected chi connectivity index (χ4v) is 3.34. The number of unbranched alkanes of at least 4 members (excludes halogenated alkanes) is 2. The standard InChI is InChI=1S/C24H42/c1-19-17-21(13-9-11-15-23(3,4)5)22(18-20(19)2)14-10-12-16-24(6,7)8/h17-18H,9-16H2,1-8H3. The average Bonchev–Trinajstić information content (AvgIpc) is 2.42. The summed E-state index contributed by atoms with van der Waals surface area (Å²) in [5.74, 6) is 0. The molecule has 138 valence electrons. The van der Waals surface area contributed by atoms with Gasteiger partial charge in [-0.2, -0.15) is 0 Å². The van der Waals surface area contributed by atoms with E-state index in [9.17, 15) is 0 Å². The number of hydrogen-bond donors (Lipinski definition) is 0. The summed E-state index contributed by atoms with van der Waals surface area (Å²) in [6.45, 7) is 18.6. The zero-order chi connectivity index (χ0) is 18.4. The molecule has 0 saturated heterocycles. The second-order valence-electron chi connectivity index (χ2n) is 10.2. The molecule has 0 heterocycles. The Balaban J connectivity index is 2.61. The van der Waals surface area contributed by atoms with E-state index in [1.54, 1.807) is 11.1 Å². The lowest BCUT2D eigenvalue weighted by atomic mass is 9.87. The van der Waals surface area contributed by atoms with Crippen LogP contribution in [0.2, 0.25) is 0 Å². The molecule has 0 aliphatic carbocycles. The highest BCUT2D eigenvalue weighted by Gasteiger charge is 2.12. The molecule has 0 amide bonds. The largest absolute Gasteiger partial charge is 0.0602 e. The van der Waals surface area contributed by atoms with Crippen LogP contribution in [0.15, 0.2) is 12.1 Å². The van der Waals surface area contributed by atoms with E-state index in [-0.39, 0.29) is 0 Å². The average molecular weight is 331 g/mol. The summed E-state index contributed by atoms with van der Waals surface area (Å²) in [5, 5.41) is 0. The van der Waals surface area contributed by atoms with Crippen LogP contribution in [0.4, 0.5) is 0 Å². The third kappa shape index (κ3) is 8.90. The fourth-order valence-electron chi connectivity index (χ4n) is 3.34. The number of aryl methyl sites for hydroxylation is 4. The molecule has 0 unspecified atom stereocenters. The molecule has 24 heavy (non-hydrogen) atoms. The first-order chi connectivity index (χ1) is 11.0. The molecule has 0 nitrogen and oxygen atoms in total. The van der Waals surface area contributed by atoms with Crippen LogP contribution in [-0.2, 0) is 12.8 Å². The smallest absolute Gasteiger partial charge is 0.0276 e. The molecule has 1 rings (SSSR count). The lowest BCUT2D eigenvalue weighted by molar-refractivity contribution is 0.359. The van der Waals surface area contributed by atoms with Crippen molar-refractivity contribution in [2.75, 3.05) is 0 Å². The normalized spacial score (nSPS) is 12.7. The summed E-state index contributed by atoms with van der Waals surface area (Å²) in [4.78, 5) is 0. The van der Waals surface area contributed by atoms with Gasteiger partial charge in [-0.25, -0.2) is 0 Å². The predicted octanol–water partition coefficient (Wildman–Crippen LogP) is 7.82. The molecule has 0 aliphatic rings. The quantitative estimate of drug-likeness (QED) is 0.426. The van der Waals surface area contributed by atoms with E-state index in [1.165, 1.54) is 62.5 Å². The van der Waals surface area contributed by atoms with Crippen molar-refractivity contribution in [3.63, 3.8) is 0 Å². The fraction of sp³-hybridized carbons (Fsp3) is 0.750. The molecule has 0 atom stereocenters. The maximum atomic E-state index is 2.46. The first-order valence-corrected chi connectivity index (χ1v) is 10.1. The van der Waals surface area contributed by atoms with Crippen molar-refractivity contribution in [3.05, 3.63) is 34.4 Å². The van der Waals surface area contributed by atoms with Crippen LogP contribution in [0.5, 0.6) is 0 Å². The van der Waals surface area contributed by atoms with Crippen molar-refractivity contribution in [3.8, 4) is 0 Å². The van der Waals surface area contributed by atoms with Crippen molar-refractivity contribution in [1.82, 2.24) is 0 Å². The van der Waals surface area contributed by atoms with Gasteiger partial charge in [0.25, 0.3) is 0 Å². The molecule has 1 aromatic rings. The van der Waals surface area contributed by atoms with Gasteiger partial charge in [0.2, 0.25) is 0 Å². The van der Waals surface area contributed by atoms with Gasteiger partial charge in [0.1, 0.15) is 0 Å². The van der Waals surface area contributed by atoms with Gasteiger partial charge in [-0.1, -0.05) is 66.5 Å². The summed E-state index contributed by atoms with van der Waals surface area (Å²) in [5.41, 5.74) is 7.09. The van der Waals surface area contributed by atoms with Gasteiger partial charge in [-0.15, -0.1) is 0 Å². The summed E-state index contributed by atoms with van der Waals surface area (Å²) in [7, 11) is 0. The van der Waals surface area contributed by atoms with Crippen molar-refractivity contribution in [2.45, 2.75) is 107 Å². The molecule has 0 heteroatoms. The van der Waals surface area contributed by atoms with E-state index in [0.717, 1.165) is 0 Å². The van der Waals surface area contributed by atoms with Gasteiger partial charge in [0, 0.05) is 0 Å². The van der Waals surface area contributed by atoms with Crippen molar-refractivity contribution in [2.24, 2.45) is 10.8 Å². The Kier molecular flexibility index (Phi) is 8.03. The zero-order valence-electron chi connectivity index (χ0n) is 17.8. The molecule has 1 aromatic carbocycles. The first-order valence-electron chi connectivity index (χ1n) is 10.1. The third-order valence-corrected chi connectivity index (χ3v) is 5.06. The minimum Gasteiger partial charge on any atom is -0.0602 e. The molecule has 0 spiro atoms. The minimum atomic E-state index is 0.471. The van der Waals surface area contributed by atoms with Crippen LogP contribution >= 0.6 is 0 Å². The van der Waals surface area contributed by atoms with Gasteiger partial charge >= 0.3 is 0 Å². The Hall–Kier alpha value is -0.780. The summed E-state index contributed by atoms with van der Waals surface area (Å²) in [6, 6.07) is 4.93. The Morgan fingerprint density at radius 2 is 0.917 bits per heavy atom. The second-order valence-corrected chi connectivity index (χ2v) is 10.2. The molecule has 0 bridgehead atoms. The Morgan fingerprint density at radius 3 is 1.21 bits per heavy atom. The number of benzene rings is 1. The zero-order valence-corrected chi connectivity index (χ0v) is 17.8. The summed E-state index contributed by atoms with van der Waals surface area (Å²) in [6.07, 6.45) is 10.5. The van der Waals surface area contributed by atoms with E-state index >= 15 is 0 Å². The van der Waals surface area contributed by atoms with Crippen LogP contribution in [0.25, 0.3) is 0 Å². The molecule has 0 N–H and O–H groups in total. The molecule has 0 radical (unpaired) electrons. The highest BCUT2D eigenvalue weighted by Crippen LogP contribution is 2.26. The van der Waals surface area contributed by atoms with Crippen LogP contribution < -0.4 is 0 Å². The Morgan fingerprint density at radius 1 is 0.583 bits per heavy atom. The highest BCUT2D eigenvalue weighted by molar-refractivity contribution is 5.37. The van der Waals surface area contributed by atoms with Crippen molar-refractivity contribution >= 4 is 0 Å². The lowest BCUT2D eigenvalue weighted by Crippen LogP contribution is -2.06. The number of rotatable bonds is 8. The monoisotopic (exact) mass is 330 g/mol. The van der Waals surface area contributed by atoms with Gasteiger partial charge in [-0.3, -0.25) is 0 Å². The summed E-state index contributed by atoms with van der Waals surface area (Å²) >= 11 is 0. The van der Waals surface area contributed by atoms with E-state index in [0.29, 0.717) is 10.8 Å². The molecular weight excluding hydrogens is 288 g/mol. The SMILES string of the molecule is Cc1cc(CCCCC(C)(C)C)c(CCCCC(C)(C)C)cc1C. The molecular formula is C24H42. The van der Waals surface area contributed by atoms with Gasteiger partial charge in [0.15, 0.2) is 0 Å². The lowest BCUT2D eigenvalue weighted by Gasteiger charge is -2.19. The maximum Gasteiger partial charge on any atom is -0.0276 e. The Bertz CT molecular complexity index is 447. The second kappa shape index (κ2) is 9.07. The molecule has 0 aromatic heterocycles. The minimum absolute atomic E-state index is 0.471. The van der Waals surface area contributed by atoms with Gasteiger partial charge in [-0.05, 0) is 85.5 Å². The maximum absolute atomic E-state index is 2.46.